The molecule has 0 unspecified atom stereocenters. The first-order valence-corrected chi connectivity index (χ1v) is 10.3. The smallest absolute Gasteiger partial charge is 0.271 e. The average molecular weight is 449 g/mol. The molecule has 0 heterocycles. The molecular formula is C24H23N3O6. The van der Waals surface area contributed by atoms with Crippen molar-refractivity contribution in [2.24, 2.45) is 0 Å². The molecule has 0 aliphatic heterocycles. The second kappa shape index (κ2) is 10.8. The lowest BCUT2D eigenvalue weighted by atomic mass is 10.1. The number of carbonyl (C=O) groups is 2. The molecule has 3 aromatic rings. The molecule has 0 saturated heterocycles. The Morgan fingerprint density at radius 1 is 0.758 bits per heavy atom. The van der Waals surface area contributed by atoms with Gasteiger partial charge in [0.25, 0.3) is 17.5 Å². The van der Waals surface area contributed by atoms with Gasteiger partial charge in [0.15, 0.2) is 0 Å². The minimum Gasteiger partial charge on any atom is -0.494 e. The van der Waals surface area contributed by atoms with Gasteiger partial charge in [0.1, 0.15) is 11.5 Å². The molecule has 0 fully saturated rings. The van der Waals surface area contributed by atoms with Crippen molar-refractivity contribution in [3.8, 4) is 11.5 Å². The van der Waals surface area contributed by atoms with Crippen LogP contribution in [0.2, 0.25) is 0 Å². The summed E-state index contributed by atoms with van der Waals surface area (Å²) >= 11 is 0. The Bertz CT molecular complexity index is 1060. The van der Waals surface area contributed by atoms with Crippen LogP contribution in [0, 0.1) is 10.1 Å². The molecule has 0 bridgehead atoms. The molecule has 0 aliphatic carbocycles. The van der Waals surface area contributed by atoms with E-state index in [1.165, 1.54) is 6.07 Å². The number of benzene rings is 3. The Kier molecular flexibility index (Phi) is 7.59. The van der Waals surface area contributed by atoms with E-state index in [1.54, 1.807) is 48.5 Å². The Balaban J connectivity index is 1.80. The number of hydrogen-bond acceptors (Lipinski definition) is 6. The number of anilines is 2. The number of nitrogens with one attached hydrogen (secondary N) is 2. The summed E-state index contributed by atoms with van der Waals surface area (Å²) in [6.07, 6.45) is 0. The lowest BCUT2D eigenvalue weighted by Gasteiger charge is -2.10. The highest BCUT2D eigenvalue weighted by atomic mass is 16.6. The van der Waals surface area contributed by atoms with E-state index in [-0.39, 0.29) is 16.8 Å². The number of hydrogen-bond donors (Lipinski definition) is 2. The zero-order chi connectivity index (χ0) is 23.8. The molecule has 0 aromatic heterocycles. The molecule has 0 spiro atoms. The average Bonchev–Trinajstić information content (AvgIpc) is 2.81. The molecule has 33 heavy (non-hydrogen) atoms. The molecule has 9 nitrogen and oxygen atoms in total. The van der Waals surface area contributed by atoms with Crippen molar-refractivity contribution in [1.29, 1.82) is 0 Å². The maximum atomic E-state index is 12.7. The third-order valence-electron chi connectivity index (χ3n) is 4.50. The molecule has 0 radical (unpaired) electrons. The third kappa shape index (κ3) is 6.30. The maximum absolute atomic E-state index is 12.7. The first-order valence-electron chi connectivity index (χ1n) is 10.3. The number of rotatable bonds is 9. The Labute approximate surface area is 190 Å². The van der Waals surface area contributed by atoms with Crippen LogP contribution < -0.4 is 20.1 Å². The molecule has 0 saturated carbocycles. The summed E-state index contributed by atoms with van der Waals surface area (Å²) in [5, 5.41) is 16.7. The van der Waals surface area contributed by atoms with Crippen molar-refractivity contribution in [2.75, 3.05) is 23.8 Å². The summed E-state index contributed by atoms with van der Waals surface area (Å²) in [6, 6.07) is 16.9. The second-order valence-electron chi connectivity index (χ2n) is 6.85. The molecule has 3 rings (SSSR count). The number of nitro groups is 1. The minimum absolute atomic E-state index is 0.0186. The van der Waals surface area contributed by atoms with Crippen LogP contribution in [-0.4, -0.2) is 30.0 Å². The van der Waals surface area contributed by atoms with Crippen molar-refractivity contribution < 1.29 is 24.0 Å². The van der Waals surface area contributed by atoms with E-state index in [4.69, 9.17) is 9.47 Å². The summed E-state index contributed by atoms with van der Waals surface area (Å²) in [5.74, 6) is 0.133. The summed E-state index contributed by atoms with van der Waals surface area (Å²) < 4.78 is 10.7. The molecule has 2 amide bonds. The van der Waals surface area contributed by atoms with E-state index in [0.29, 0.717) is 36.1 Å². The van der Waals surface area contributed by atoms with E-state index >= 15 is 0 Å². The van der Waals surface area contributed by atoms with Crippen molar-refractivity contribution in [3.05, 3.63) is 88.0 Å². The van der Waals surface area contributed by atoms with Crippen molar-refractivity contribution >= 4 is 28.9 Å². The van der Waals surface area contributed by atoms with E-state index in [0.717, 1.165) is 12.1 Å². The number of carbonyl (C=O) groups excluding carboxylic acids is 2. The molecule has 170 valence electrons. The normalized spacial score (nSPS) is 10.2. The molecule has 3 aromatic carbocycles. The maximum Gasteiger partial charge on any atom is 0.271 e. The summed E-state index contributed by atoms with van der Waals surface area (Å²) in [4.78, 5) is 36.2. The number of non-ortho nitro benzene ring substituents is 1. The quantitative estimate of drug-likeness (QED) is 0.354. The van der Waals surface area contributed by atoms with Gasteiger partial charge in [-0.05, 0) is 68.4 Å². The fraction of sp³-hybridized carbons (Fsp3) is 0.167. The highest BCUT2D eigenvalue weighted by Gasteiger charge is 2.18. The number of ether oxygens (including phenoxy) is 2. The van der Waals surface area contributed by atoms with Crippen molar-refractivity contribution in [1.82, 2.24) is 0 Å². The van der Waals surface area contributed by atoms with Crippen LogP contribution in [0.15, 0.2) is 66.7 Å². The van der Waals surface area contributed by atoms with Gasteiger partial charge >= 0.3 is 0 Å². The zero-order valence-corrected chi connectivity index (χ0v) is 18.2. The SMILES string of the molecule is CCOc1ccc(NC(=O)c2cc(C(=O)Nc3ccc(OCC)cc3)cc([N+](=O)[O-])c2)cc1. The van der Waals surface area contributed by atoms with Crippen LogP contribution in [0.1, 0.15) is 34.6 Å². The first kappa shape index (κ1) is 23.3. The van der Waals surface area contributed by atoms with Gasteiger partial charge in [-0.15, -0.1) is 0 Å². The number of nitro benzene ring substituents is 1. The van der Waals surface area contributed by atoms with Crippen molar-refractivity contribution in [2.45, 2.75) is 13.8 Å². The zero-order valence-electron chi connectivity index (χ0n) is 18.2. The lowest BCUT2D eigenvalue weighted by Crippen LogP contribution is -2.16. The van der Waals surface area contributed by atoms with Gasteiger partial charge in [0.2, 0.25) is 0 Å². The van der Waals surface area contributed by atoms with Gasteiger partial charge < -0.3 is 20.1 Å². The van der Waals surface area contributed by atoms with E-state index in [2.05, 4.69) is 10.6 Å². The van der Waals surface area contributed by atoms with E-state index in [1.807, 2.05) is 13.8 Å². The summed E-state index contributed by atoms with van der Waals surface area (Å²) in [7, 11) is 0. The molecule has 9 heteroatoms. The number of nitrogens with zero attached hydrogens (tertiary/aromatic N) is 1. The van der Waals surface area contributed by atoms with Gasteiger partial charge in [-0.1, -0.05) is 0 Å². The van der Waals surface area contributed by atoms with Crippen LogP contribution >= 0.6 is 0 Å². The topological polar surface area (TPSA) is 120 Å². The highest BCUT2D eigenvalue weighted by Crippen LogP contribution is 2.22. The highest BCUT2D eigenvalue weighted by molar-refractivity contribution is 6.09. The Hall–Kier alpha value is -4.40. The van der Waals surface area contributed by atoms with Crippen molar-refractivity contribution in [3.63, 3.8) is 0 Å². The van der Waals surface area contributed by atoms with Gasteiger partial charge in [-0.2, -0.15) is 0 Å². The van der Waals surface area contributed by atoms with Crippen LogP contribution in [0.3, 0.4) is 0 Å². The number of amides is 2. The fourth-order valence-corrected chi connectivity index (χ4v) is 2.99. The van der Waals surface area contributed by atoms with Crippen LogP contribution in [0.5, 0.6) is 11.5 Å². The predicted octanol–water partition coefficient (Wildman–Crippen LogP) is 4.90. The molecule has 0 atom stereocenters. The van der Waals surface area contributed by atoms with E-state index < -0.39 is 16.7 Å². The van der Waals surface area contributed by atoms with Crippen LogP contribution in [0.4, 0.5) is 17.1 Å². The lowest BCUT2D eigenvalue weighted by molar-refractivity contribution is -0.384. The summed E-state index contributed by atoms with van der Waals surface area (Å²) in [6.45, 7) is 4.76. The largest absolute Gasteiger partial charge is 0.494 e. The monoisotopic (exact) mass is 449 g/mol. The Morgan fingerprint density at radius 2 is 1.15 bits per heavy atom. The first-order chi connectivity index (χ1) is 15.9. The summed E-state index contributed by atoms with van der Waals surface area (Å²) in [5.41, 5.74) is 0.557. The molecule has 0 aliphatic rings. The predicted molar refractivity (Wildman–Crippen MR) is 124 cm³/mol. The Morgan fingerprint density at radius 3 is 1.48 bits per heavy atom. The molecular weight excluding hydrogens is 426 g/mol. The standard InChI is InChI=1S/C24H23N3O6/c1-3-32-21-9-5-18(6-10-21)25-23(28)16-13-17(15-20(14-16)27(30)31)24(29)26-19-7-11-22(12-8-19)33-4-2/h5-15H,3-4H2,1-2H3,(H,25,28)(H,26,29). The van der Waals surface area contributed by atoms with E-state index in [9.17, 15) is 19.7 Å². The van der Waals surface area contributed by atoms with Gasteiger partial charge in [-0.25, -0.2) is 0 Å². The van der Waals surface area contributed by atoms with Crippen LogP contribution in [0.25, 0.3) is 0 Å². The second-order valence-corrected chi connectivity index (χ2v) is 6.85. The van der Waals surface area contributed by atoms with Crippen LogP contribution in [-0.2, 0) is 0 Å². The minimum atomic E-state index is -0.651. The molecule has 2 N–H and O–H groups in total. The van der Waals surface area contributed by atoms with Gasteiger partial charge in [0.05, 0.1) is 18.1 Å². The van der Waals surface area contributed by atoms with Gasteiger partial charge in [-0.3, -0.25) is 19.7 Å². The fourth-order valence-electron chi connectivity index (χ4n) is 2.99. The third-order valence-corrected chi connectivity index (χ3v) is 4.50. The van der Waals surface area contributed by atoms with Gasteiger partial charge in [0, 0.05) is 34.6 Å².